The Kier molecular flexibility index (Phi) is 6.10. The van der Waals surface area contributed by atoms with E-state index in [-0.39, 0.29) is 12.0 Å². The van der Waals surface area contributed by atoms with E-state index in [9.17, 15) is 4.79 Å². The van der Waals surface area contributed by atoms with Crippen LogP contribution in [0.15, 0.2) is 6.20 Å². The van der Waals surface area contributed by atoms with Crippen molar-refractivity contribution in [2.45, 2.75) is 32.4 Å². The largest absolute Gasteiger partial charge is 0.380 e. The second-order valence-electron chi connectivity index (χ2n) is 3.65. The number of nitrogens with zero attached hydrogens (tertiary/aromatic N) is 1. The van der Waals surface area contributed by atoms with Gasteiger partial charge in [0.1, 0.15) is 5.01 Å². The summed E-state index contributed by atoms with van der Waals surface area (Å²) < 4.78 is 5.04. The highest BCUT2D eigenvalue weighted by Crippen LogP contribution is 2.12. The van der Waals surface area contributed by atoms with E-state index in [0.717, 1.165) is 11.4 Å². The Morgan fingerprint density at radius 2 is 2.47 bits per heavy atom. The maximum atomic E-state index is 11.6. The summed E-state index contributed by atoms with van der Waals surface area (Å²) in [5.41, 5.74) is 5.44. The van der Waals surface area contributed by atoms with Crippen LogP contribution in [0.2, 0.25) is 0 Å². The van der Waals surface area contributed by atoms with Crippen LogP contribution in [0.25, 0.3) is 0 Å². The summed E-state index contributed by atoms with van der Waals surface area (Å²) in [5.74, 6) is -0.0597. The number of thiazole rings is 1. The average Bonchev–Trinajstić information content (AvgIpc) is 2.81. The quantitative estimate of drug-likeness (QED) is 0.753. The summed E-state index contributed by atoms with van der Waals surface area (Å²) in [4.78, 5) is 17.0. The molecule has 1 rings (SSSR count). The van der Waals surface area contributed by atoms with Crippen molar-refractivity contribution in [1.82, 2.24) is 10.3 Å². The van der Waals surface area contributed by atoms with Gasteiger partial charge in [0.05, 0.1) is 19.1 Å². The van der Waals surface area contributed by atoms with Gasteiger partial charge in [-0.05, 0) is 6.42 Å². The third kappa shape index (κ3) is 4.80. The Hall–Kier alpha value is -0.980. The predicted octanol–water partition coefficient (Wildman–Crippen LogP) is 0.685. The van der Waals surface area contributed by atoms with Crippen molar-refractivity contribution in [3.63, 3.8) is 0 Å². The smallest absolute Gasteiger partial charge is 0.223 e. The molecule has 0 saturated heterocycles. The van der Waals surface area contributed by atoms with Crippen LogP contribution in [0.4, 0.5) is 0 Å². The third-order valence-corrected chi connectivity index (χ3v) is 3.54. The van der Waals surface area contributed by atoms with Gasteiger partial charge >= 0.3 is 0 Å². The molecule has 0 radical (unpaired) electrons. The summed E-state index contributed by atoms with van der Waals surface area (Å²) >= 11 is 1.62. The van der Waals surface area contributed by atoms with Gasteiger partial charge in [0.25, 0.3) is 0 Å². The first-order valence-corrected chi connectivity index (χ1v) is 6.44. The zero-order valence-electron chi connectivity index (χ0n) is 10.2. The van der Waals surface area contributed by atoms with Crippen LogP contribution in [-0.2, 0) is 22.5 Å². The van der Waals surface area contributed by atoms with E-state index in [1.165, 1.54) is 4.88 Å². The van der Waals surface area contributed by atoms with E-state index in [0.29, 0.717) is 19.5 Å². The Balaban J connectivity index is 2.32. The van der Waals surface area contributed by atoms with Gasteiger partial charge in [-0.25, -0.2) is 4.98 Å². The lowest BCUT2D eigenvalue weighted by molar-refractivity contribution is -0.123. The van der Waals surface area contributed by atoms with Gasteiger partial charge in [-0.3, -0.25) is 4.79 Å². The highest BCUT2D eigenvalue weighted by molar-refractivity contribution is 7.11. The van der Waals surface area contributed by atoms with Gasteiger partial charge in [0.2, 0.25) is 5.91 Å². The minimum absolute atomic E-state index is 0.0597. The van der Waals surface area contributed by atoms with Crippen LogP contribution in [0, 0.1) is 0 Å². The fourth-order valence-corrected chi connectivity index (χ4v) is 2.11. The molecule has 1 aromatic heterocycles. The molecule has 3 N–H and O–H groups in total. The normalized spacial score (nSPS) is 12.4. The molecule has 1 aromatic rings. The van der Waals surface area contributed by atoms with E-state index in [4.69, 9.17) is 10.5 Å². The molecule has 5 nitrogen and oxygen atoms in total. The first kappa shape index (κ1) is 14.1. The van der Waals surface area contributed by atoms with Crippen molar-refractivity contribution in [3.05, 3.63) is 16.1 Å². The molecule has 0 fully saturated rings. The van der Waals surface area contributed by atoms with Crippen molar-refractivity contribution in [1.29, 1.82) is 0 Å². The van der Waals surface area contributed by atoms with Crippen molar-refractivity contribution < 1.29 is 9.53 Å². The number of nitrogens with one attached hydrogen (secondary N) is 1. The lowest BCUT2D eigenvalue weighted by Gasteiger charge is -2.11. The minimum atomic E-state index is -0.211. The minimum Gasteiger partial charge on any atom is -0.380 e. The molecule has 0 aliphatic rings. The first-order valence-electron chi connectivity index (χ1n) is 5.62. The van der Waals surface area contributed by atoms with E-state index >= 15 is 0 Å². The summed E-state index contributed by atoms with van der Waals surface area (Å²) in [6, 6.07) is 0. The number of carbonyl (C=O) groups excluding carboxylic acids is 1. The molecule has 96 valence electrons. The number of rotatable bonds is 7. The van der Waals surface area contributed by atoms with Crippen LogP contribution < -0.4 is 11.1 Å². The second-order valence-corrected chi connectivity index (χ2v) is 4.85. The molecule has 1 amide bonds. The van der Waals surface area contributed by atoms with Crippen molar-refractivity contribution in [3.8, 4) is 0 Å². The molecular weight excluding hydrogens is 238 g/mol. The number of hydrogen-bond donors (Lipinski definition) is 2. The fraction of sp³-hybridized carbons (Fsp3) is 0.636. The van der Waals surface area contributed by atoms with Crippen LogP contribution in [0.5, 0.6) is 0 Å². The molecule has 17 heavy (non-hydrogen) atoms. The van der Waals surface area contributed by atoms with Gasteiger partial charge in [-0.1, -0.05) is 6.92 Å². The zero-order chi connectivity index (χ0) is 12.7. The van der Waals surface area contributed by atoms with Gasteiger partial charge in [-0.2, -0.15) is 0 Å². The van der Waals surface area contributed by atoms with Gasteiger partial charge < -0.3 is 15.8 Å². The molecule has 0 aliphatic heterocycles. The number of aryl methyl sites for hydroxylation is 1. The third-order valence-electron chi connectivity index (χ3n) is 2.40. The number of amides is 1. The molecule has 0 spiro atoms. The van der Waals surface area contributed by atoms with Gasteiger partial charge in [0.15, 0.2) is 0 Å². The lowest BCUT2D eigenvalue weighted by atomic mass is 10.2. The Bertz CT molecular complexity index is 350. The number of carbonyl (C=O) groups is 1. The summed E-state index contributed by atoms with van der Waals surface area (Å²) in [7, 11) is 1.55. The molecule has 1 unspecified atom stereocenters. The van der Waals surface area contributed by atoms with Crippen molar-refractivity contribution >= 4 is 17.2 Å². The first-order chi connectivity index (χ1) is 8.19. The Morgan fingerprint density at radius 1 is 1.71 bits per heavy atom. The lowest BCUT2D eigenvalue weighted by Crippen LogP contribution is -2.31. The molecule has 1 atom stereocenters. The molecule has 0 aromatic carbocycles. The van der Waals surface area contributed by atoms with E-state index < -0.39 is 0 Å². The molecule has 0 bridgehead atoms. The molecule has 0 aliphatic carbocycles. The second kappa shape index (κ2) is 7.37. The molecule has 0 saturated carbocycles. The van der Waals surface area contributed by atoms with Crippen LogP contribution >= 0.6 is 11.3 Å². The summed E-state index contributed by atoms with van der Waals surface area (Å²) in [6.07, 6.45) is 2.91. The summed E-state index contributed by atoms with van der Waals surface area (Å²) in [6.45, 7) is 2.91. The monoisotopic (exact) mass is 257 g/mol. The number of hydrogen-bond acceptors (Lipinski definition) is 5. The SMILES string of the molecule is CCc1cnc(CNC(=O)CC(CN)OC)s1. The standard InChI is InChI=1S/C11H19N3O2S/c1-3-9-6-14-11(17-9)7-13-10(15)4-8(5-12)16-2/h6,8H,3-5,7,12H2,1-2H3,(H,13,15). The molecular formula is C11H19N3O2S. The average molecular weight is 257 g/mol. The fourth-order valence-electron chi connectivity index (χ4n) is 1.31. The van der Waals surface area contributed by atoms with Crippen LogP contribution in [0.3, 0.4) is 0 Å². The van der Waals surface area contributed by atoms with Crippen LogP contribution in [0.1, 0.15) is 23.2 Å². The topological polar surface area (TPSA) is 77.2 Å². The number of methoxy groups -OCH3 is 1. The van der Waals surface area contributed by atoms with E-state index in [1.807, 2.05) is 6.20 Å². The summed E-state index contributed by atoms with van der Waals surface area (Å²) in [5, 5.41) is 3.74. The van der Waals surface area contributed by atoms with Gasteiger partial charge in [0, 0.05) is 24.7 Å². The number of aromatic nitrogens is 1. The predicted molar refractivity (Wildman–Crippen MR) is 67.8 cm³/mol. The highest BCUT2D eigenvalue weighted by Gasteiger charge is 2.11. The molecule has 1 heterocycles. The molecule has 6 heteroatoms. The Labute approximate surface area is 105 Å². The van der Waals surface area contributed by atoms with Crippen molar-refractivity contribution in [2.24, 2.45) is 5.73 Å². The van der Waals surface area contributed by atoms with Crippen molar-refractivity contribution in [2.75, 3.05) is 13.7 Å². The highest BCUT2D eigenvalue weighted by atomic mass is 32.1. The van der Waals surface area contributed by atoms with Gasteiger partial charge in [-0.15, -0.1) is 11.3 Å². The van der Waals surface area contributed by atoms with E-state index in [2.05, 4.69) is 17.2 Å². The zero-order valence-corrected chi connectivity index (χ0v) is 11.0. The maximum Gasteiger partial charge on any atom is 0.223 e. The number of nitrogens with two attached hydrogens (primary N) is 1. The maximum absolute atomic E-state index is 11.6. The van der Waals surface area contributed by atoms with Crippen LogP contribution in [-0.4, -0.2) is 30.6 Å². The van der Waals surface area contributed by atoms with E-state index in [1.54, 1.807) is 18.4 Å². The Morgan fingerprint density at radius 3 is 3.00 bits per heavy atom. The number of ether oxygens (including phenoxy) is 1.